The lowest BCUT2D eigenvalue weighted by molar-refractivity contribution is 0.395. The Balaban J connectivity index is 2.00. The van der Waals surface area contributed by atoms with Gasteiger partial charge in [-0.25, -0.2) is 9.97 Å². The minimum atomic E-state index is 0.702. The van der Waals surface area contributed by atoms with Crippen molar-refractivity contribution in [1.82, 2.24) is 9.97 Å². The lowest BCUT2D eigenvalue weighted by Gasteiger charge is -2.12. The van der Waals surface area contributed by atoms with Gasteiger partial charge in [0.05, 0.1) is 30.1 Å². The number of hydrogen-bond donors (Lipinski definition) is 1. The molecule has 0 saturated heterocycles. The smallest absolute Gasteiger partial charge is 0.151 e. The summed E-state index contributed by atoms with van der Waals surface area (Å²) in [6.07, 6.45) is 1.55. The zero-order valence-corrected chi connectivity index (χ0v) is 11.9. The number of aromatic nitrogens is 2. The first-order chi connectivity index (χ1) is 9.81. The second-order valence-electron chi connectivity index (χ2n) is 4.05. The maximum Gasteiger partial charge on any atom is 0.151 e. The van der Waals surface area contributed by atoms with E-state index in [4.69, 9.17) is 9.47 Å². The van der Waals surface area contributed by atoms with E-state index in [0.29, 0.717) is 5.75 Å². The van der Waals surface area contributed by atoms with Crippen LogP contribution in [0.4, 0.5) is 11.5 Å². The molecule has 3 rings (SSSR count). The molecule has 6 heteroatoms. The third kappa shape index (κ3) is 2.25. The summed E-state index contributed by atoms with van der Waals surface area (Å²) >= 11 is 1.60. The Hall–Kier alpha value is -2.34. The van der Waals surface area contributed by atoms with Gasteiger partial charge in [0, 0.05) is 6.07 Å². The number of ether oxygens (including phenoxy) is 2. The number of methoxy groups -OCH3 is 2. The van der Waals surface area contributed by atoms with Crippen LogP contribution in [0.3, 0.4) is 0 Å². The molecule has 3 aromatic rings. The molecule has 0 aliphatic heterocycles. The van der Waals surface area contributed by atoms with Gasteiger partial charge in [0.15, 0.2) is 5.82 Å². The quantitative estimate of drug-likeness (QED) is 0.796. The first-order valence-electron chi connectivity index (χ1n) is 5.99. The highest BCUT2D eigenvalue weighted by Gasteiger charge is 2.09. The standard InChI is InChI=1S/C14H13N3O2S/c1-18-9-3-4-10(12(7-9)19-2)17-14-13-11(5-6-20-13)15-8-16-14/h3-8H,1-2H3,(H,15,16,17). The Labute approximate surface area is 120 Å². The SMILES string of the molecule is COc1ccc(Nc2ncnc3ccsc23)c(OC)c1. The van der Waals surface area contributed by atoms with Crippen LogP contribution < -0.4 is 14.8 Å². The second-order valence-corrected chi connectivity index (χ2v) is 4.96. The molecule has 2 heterocycles. The topological polar surface area (TPSA) is 56.3 Å². The first kappa shape index (κ1) is 12.7. The number of anilines is 2. The zero-order valence-electron chi connectivity index (χ0n) is 11.1. The number of nitrogens with zero attached hydrogens (tertiary/aromatic N) is 2. The van der Waals surface area contributed by atoms with Crippen LogP contribution in [0.25, 0.3) is 10.2 Å². The monoisotopic (exact) mass is 287 g/mol. The van der Waals surface area contributed by atoms with Gasteiger partial charge in [-0.2, -0.15) is 0 Å². The van der Waals surface area contributed by atoms with Crippen molar-refractivity contribution in [2.75, 3.05) is 19.5 Å². The average molecular weight is 287 g/mol. The fourth-order valence-corrected chi connectivity index (χ4v) is 2.70. The Kier molecular flexibility index (Phi) is 3.39. The van der Waals surface area contributed by atoms with E-state index in [0.717, 1.165) is 27.5 Å². The highest BCUT2D eigenvalue weighted by atomic mass is 32.1. The predicted molar refractivity (Wildman–Crippen MR) is 80.2 cm³/mol. The van der Waals surface area contributed by atoms with E-state index in [1.807, 2.05) is 29.6 Å². The number of fused-ring (bicyclic) bond motifs is 1. The van der Waals surface area contributed by atoms with Crippen molar-refractivity contribution in [2.45, 2.75) is 0 Å². The Morgan fingerprint density at radius 2 is 2.00 bits per heavy atom. The summed E-state index contributed by atoms with van der Waals surface area (Å²) in [4.78, 5) is 8.52. The molecule has 0 radical (unpaired) electrons. The normalized spacial score (nSPS) is 10.5. The van der Waals surface area contributed by atoms with E-state index >= 15 is 0 Å². The van der Waals surface area contributed by atoms with E-state index in [2.05, 4.69) is 15.3 Å². The van der Waals surface area contributed by atoms with E-state index in [1.54, 1.807) is 31.9 Å². The summed E-state index contributed by atoms with van der Waals surface area (Å²) in [6, 6.07) is 7.57. The van der Waals surface area contributed by atoms with Crippen LogP contribution in [0.2, 0.25) is 0 Å². The minimum absolute atomic E-state index is 0.702. The lowest BCUT2D eigenvalue weighted by atomic mass is 10.2. The molecule has 2 aromatic heterocycles. The summed E-state index contributed by atoms with van der Waals surface area (Å²) in [7, 11) is 3.25. The molecular formula is C14H13N3O2S. The summed E-state index contributed by atoms with van der Waals surface area (Å²) in [6.45, 7) is 0. The third-order valence-electron chi connectivity index (χ3n) is 2.90. The summed E-state index contributed by atoms with van der Waals surface area (Å²) in [5.41, 5.74) is 1.77. The molecule has 0 amide bonds. The van der Waals surface area contributed by atoms with Crippen molar-refractivity contribution in [3.63, 3.8) is 0 Å². The lowest BCUT2D eigenvalue weighted by Crippen LogP contribution is -1.97. The van der Waals surface area contributed by atoms with Gasteiger partial charge in [0.25, 0.3) is 0 Å². The summed E-state index contributed by atoms with van der Waals surface area (Å²) in [5.74, 6) is 2.22. The largest absolute Gasteiger partial charge is 0.497 e. The van der Waals surface area contributed by atoms with Gasteiger partial charge in [-0.15, -0.1) is 11.3 Å². The number of rotatable bonds is 4. The van der Waals surface area contributed by atoms with Crippen molar-refractivity contribution in [2.24, 2.45) is 0 Å². The van der Waals surface area contributed by atoms with Crippen LogP contribution in [-0.4, -0.2) is 24.2 Å². The van der Waals surface area contributed by atoms with Crippen molar-refractivity contribution in [3.8, 4) is 11.5 Å². The summed E-state index contributed by atoms with van der Waals surface area (Å²) < 4.78 is 11.6. The van der Waals surface area contributed by atoms with Crippen LogP contribution in [0.1, 0.15) is 0 Å². The third-order valence-corrected chi connectivity index (χ3v) is 3.82. The number of nitrogens with one attached hydrogen (secondary N) is 1. The molecule has 0 fully saturated rings. The predicted octanol–water partition coefficient (Wildman–Crippen LogP) is 3.45. The molecular weight excluding hydrogens is 274 g/mol. The van der Waals surface area contributed by atoms with E-state index in [1.165, 1.54) is 0 Å². The second kappa shape index (κ2) is 5.34. The van der Waals surface area contributed by atoms with Gasteiger partial charge in [-0.05, 0) is 23.6 Å². The zero-order chi connectivity index (χ0) is 13.9. The molecule has 0 aliphatic rings. The van der Waals surface area contributed by atoms with Crippen molar-refractivity contribution in [3.05, 3.63) is 36.0 Å². The fraction of sp³-hybridized carbons (Fsp3) is 0.143. The van der Waals surface area contributed by atoms with Crippen LogP contribution in [-0.2, 0) is 0 Å². The highest BCUT2D eigenvalue weighted by molar-refractivity contribution is 7.17. The van der Waals surface area contributed by atoms with Crippen molar-refractivity contribution in [1.29, 1.82) is 0 Å². The Morgan fingerprint density at radius 1 is 1.10 bits per heavy atom. The minimum Gasteiger partial charge on any atom is -0.497 e. The van der Waals surface area contributed by atoms with E-state index in [9.17, 15) is 0 Å². The molecule has 1 aromatic carbocycles. The fourth-order valence-electron chi connectivity index (χ4n) is 1.91. The van der Waals surface area contributed by atoms with Crippen molar-refractivity contribution >= 4 is 33.1 Å². The van der Waals surface area contributed by atoms with Crippen LogP contribution in [0, 0.1) is 0 Å². The average Bonchev–Trinajstić information content (AvgIpc) is 2.97. The molecule has 0 atom stereocenters. The van der Waals surface area contributed by atoms with Gasteiger partial charge < -0.3 is 14.8 Å². The Bertz CT molecular complexity index is 742. The maximum atomic E-state index is 5.37. The molecule has 20 heavy (non-hydrogen) atoms. The molecule has 0 unspecified atom stereocenters. The van der Waals surface area contributed by atoms with E-state index in [-0.39, 0.29) is 0 Å². The van der Waals surface area contributed by atoms with Gasteiger partial charge in [-0.1, -0.05) is 0 Å². The van der Waals surface area contributed by atoms with Crippen LogP contribution in [0.15, 0.2) is 36.0 Å². The molecule has 102 valence electrons. The highest BCUT2D eigenvalue weighted by Crippen LogP contribution is 2.33. The molecule has 5 nitrogen and oxygen atoms in total. The first-order valence-corrected chi connectivity index (χ1v) is 6.87. The van der Waals surface area contributed by atoms with Gasteiger partial charge in [0.2, 0.25) is 0 Å². The molecule has 0 spiro atoms. The number of benzene rings is 1. The van der Waals surface area contributed by atoms with Gasteiger partial charge >= 0.3 is 0 Å². The summed E-state index contributed by atoms with van der Waals surface area (Å²) in [5, 5.41) is 5.28. The van der Waals surface area contributed by atoms with E-state index < -0.39 is 0 Å². The van der Waals surface area contributed by atoms with Gasteiger partial charge in [-0.3, -0.25) is 0 Å². The Morgan fingerprint density at radius 3 is 2.80 bits per heavy atom. The maximum absolute atomic E-state index is 5.37. The molecule has 0 aliphatic carbocycles. The van der Waals surface area contributed by atoms with Crippen LogP contribution in [0.5, 0.6) is 11.5 Å². The molecule has 0 saturated carbocycles. The van der Waals surface area contributed by atoms with Gasteiger partial charge in [0.1, 0.15) is 17.8 Å². The number of thiophene rings is 1. The van der Waals surface area contributed by atoms with Crippen molar-refractivity contribution < 1.29 is 9.47 Å². The van der Waals surface area contributed by atoms with Crippen LogP contribution >= 0.6 is 11.3 Å². The molecule has 1 N–H and O–H groups in total. The molecule has 0 bridgehead atoms. The number of hydrogen-bond acceptors (Lipinski definition) is 6.